The normalized spacial score (nSPS) is 13.9. The largest absolute Gasteiger partial charge is 0.480 e. The lowest BCUT2D eigenvalue weighted by molar-refractivity contribution is -0.152. The van der Waals surface area contributed by atoms with Crippen molar-refractivity contribution < 1.29 is 33.8 Å². The number of hydrogen-bond acceptors (Lipinski definition) is 7. The molecule has 0 aliphatic heterocycles. The number of nitrogens with zero attached hydrogens (tertiary/aromatic N) is 1. The van der Waals surface area contributed by atoms with Crippen LogP contribution in [0.3, 0.4) is 0 Å². The smallest absolute Gasteiger partial charge is 0.417 e. The van der Waals surface area contributed by atoms with Crippen LogP contribution in [0.15, 0.2) is 0 Å². The molecule has 0 unspecified atom stereocenters. The zero-order chi connectivity index (χ0) is 24.6. The minimum atomic E-state index is -1.47. The van der Waals surface area contributed by atoms with Gasteiger partial charge in [0.05, 0.1) is 0 Å². The van der Waals surface area contributed by atoms with Crippen LogP contribution in [0.5, 0.6) is 0 Å². The first kappa shape index (κ1) is 28.6. The van der Waals surface area contributed by atoms with Gasteiger partial charge in [0.1, 0.15) is 23.3 Å². The number of rotatable bonds is 9. The second-order valence-corrected chi connectivity index (χ2v) is 9.70. The van der Waals surface area contributed by atoms with E-state index < -0.39 is 53.3 Å². The van der Waals surface area contributed by atoms with Gasteiger partial charge in [0, 0.05) is 0 Å². The first-order chi connectivity index (χ1) is 14.0. The number of carboxylic acids is 1. The van der Waals surface area contributed by atoms with Crippen molar-refractivity contribution in [2.45, 2.75) is 97.9 Å². The highest BCUT2D eigenvalue weighted by Gasteiger charge is 2.42. The molecule has 0 bridgehead atoms. The molecule has 4 N–H and O–H groups in total. The van der Waals surface area contributed by atoms with Crippen LogP contribution in [-0.2, 0) is 19.1 Å². The molecule has 0 aromatic rings. The second kappa shape index (κ2) is 11.9. The molecule has 0 rings (SSSR count). The Kier molecular flexibility index (Phi) is 11.0. The Morgan fingerprint density at radius 3 is 1.87 bits per heavy atom. The lowest BCUT2D eigenvalue weighted by Gasteiger charge is -2.34. The number of carboxylic acid groups (broad SMARTS) is 1. The number of carbonyl (C=O) groups excluding carboxylic acids is 3. The summed E-state index contributed by atoms with van der Waals surface area (Å²) in [5.41, 5.74) is 3.76. The van der Waals surface area contributed by atoms with E-state index in [9.17, 15) is 24.3 Å². The van der Waals surface area contributed by atoms with Gasteiger partial charge in [-0.05, 0) is 73.3 Å². The van der Waals surface area contributed by atoms with Crippen LogP contribution in [0.25, 0.3) is 0 Å². The van der Waals surface area contributed by atoms with Crippen molar-refractivity contribution >= 4 is 24.1 Å². The van der Waals surface area contributed by atoms with Gasteiger partial charge in [-0.15, -0.1) is 0 Å². The Balaban J connectivity index is 6.04. The van der Waals surface area contributed by atoms with Crippen LogP contribution in [0.2, 0.25) is 0 Å². The number of imide groups is 1. The molecule has 0 aromatic heterocycles. The van der Waals surface area contributed by atoms with E-state index in [2.05, 4.69) is 5.32 Å². The van der Waals surface area contributed by atoms with Crippen LogP contribution in [0.1, 0.15) is 74.7 Å². The van der Waals surface area contributed by atoms with Crippen LogP contribution < -0.4 is 11.1 Å². The van der Waals surface area contributed by atoms with Crippen LogP contribution in [-0.4, -0.2) is 63.9 Å². The zero-order valence-corrected chi connectivity index (χ0v) is 20.0. The molecule has 10 heteroatoms. The molecular formula is C21H39N3O7. The summed E-state index contributed by atoms with van der Waals surface area (Å²) in [6.07, 6.45) is -0.727. The molecule has 0 fully saturated rings. The Labute approximate surface area is 184 Å². The Morgan fingerprint density at radius 1 is 0.968 bits per heavy atom. The van der Waals surface area contributed by atoms with Crippen molar-refractivity contribution in [3.8, 4) is 0 Å². The lowest BCUT2D eigenvalue weighted by Crippen LogP contribution is -2.58. The fourth-order valence-corrected chi connectivity index (χ4v) is 2.71. The van der Waals surface area contributed by atoms with Crippen molar-refractivity contribution in [1.82, 2.24) is 10.2 Å². The monoisotopic (exact) mass is 445 g/mol. The second-order valence-electron chi connectivity index (χ2n) is 9.70. The third-order valence-electron chi connectivity index (χ3n) is 3.93. The molecule has 10 nitrogen and oxygen atoms in total. The summed E-state index contributed by atoms with van der Waals surface area (Å²) < 4.78 is 10.5. The maximum absolute atomic E-state index is 13.4. The number of alkyl carbamates (subject to hydrolysis) is 1. The third kappa shape index (κ3) is 11.0. The number of amides is 3. The van der Waals surface area contributed by atoms with Crippen LogP contribution in [0, 0.1) is 5.92 Å². The highest BCUT2D eigenvalue weighted by atomic mass is 16.6. The summed E-state index contributed by atoms with van der Waals surface area (Å²) in [6.45, 7) is 13.4. The highest BCUT2D eigenvalue weighted by Crippen LogP contribution is 2.20. The van der Waals surface area contributed by atoms with Crippen LogP contribution >= 0.6 is 0 Å². The summed E-state index contributed by atoms with van der Waals surface area (Å²) in [7, 11) is 0. The average Bonchev–Trinajstić information content (AvgIpc) is 2.54. The molecule has 31 heavy (non-hydrogen) atoms. The predicted molar refractivity (Wildman–Crippen MR) is 115 cm³/mol. The van der Waals surface area contributed by atoms with E-state index in [-0.39, 0.29) is 6.42 Å². The Morgan fingerprint density at radius 2 is 1.48 bits per heavy atom. The highest BCUT2D eigenvalue weighted by molar-refractivity contribution is 6.00. The van der Waals surface area contributed by atoms with E-state index in [4.69, 9.17) is 15.2 Å². The number of unbranched alkanes of at least 4 members (excludes halogenated alkanes) is 1. The standard InChI is InChI=1S/C21H39N3O7/c1-13(2)15(17(26)27)24(19(29)31-21(6,7)8)16(25)14(11-9-10-12-22)23-18(28)30-20(3,4)5/h13-15H,9-12,22H2,1-8H3,(H,23,28)(H,26,27)/t14-,15-/m0/s1. The fraction of sp³-hybridized carbons (Fsp3) is 0.810. The quantitative estimate of drug-likeness (QED) is 0.459. The third-order valence-corrected chi connectivity index (χ3v) is 3.93. The van der Waals surface area contributed by atoms with E-state index in [1.54, 1.807) is 55.4 Å². The molecule has 2 atom stereocenters. The van der Waals surface area contributed by atoms with E-state index in [0.29, 0.717) is 24.3 Å². The number of nitrogens with one attached hydrogen (secondary N) is 1. The van der Waals surface area contributed by atoms with Gasteiger partial charge in [0.25, 0.3) is 5.91 Å². The number of nitrogens with two attached hydrogens (primary N) is 1. The van der Waals surface area contributed by atoms with Gasteiger partial charge in [-0.1, -0.05) is 13.8 Å². The maximum Gasteiger partial charge on any atom is 0.417 e. The average molecular weight is 446 g/mol. The maximum atomic E-state index is 13.4. The minimum Gasteiger partial charge on any atom is -0.480 e. The number of aliphatic carboxylic acids is 1. The van der Waals surface area contributed by atoms with E-state index in [1.807, 2.05) is 0 Å². The minimum absolute atomic E-state index is 0.152. The molecule has 0 saturated heterocycles. The molecule has 0 saturated carbocycles. The number of hydrogen-bond donors (Lipinski definition) is 3. The van der Waals surface area contributed by atoms with E-state index in [0.717, 1.165) is 0 Å². The van der Waals surface area contributed by atoms with Gasteiger partial charge in [-0.2, -0.15) is 0 Å². The van der Waals surface area contributed by atoms with Crippen molar-refractivity contribution in [3.05, 3.63) is 0 Å². The molecule has 0 aromatic carbocycles. The summed E-state index contributed by atoms with van der Waals surface area (Å²) in [6, 6.07) is -2.66. The molecule has 3 amide bonds. The van der Waals surface area contributed by atoms with Crippen molar-refractivity contribution in [2.24, 2.45) is 11.7 Å². The van der Waals surface area contributed by atoms with Crippen molar-refractivity contribution in [2.75, 3.05) is 6.54 Å². The molecular weight excluding hydrogens is 406 g/mol. The summed E-state index contributed by atoms with van der Waals surface area (Å²) in [5, 5.41) is 12.2. The number of ether oxygens (including phenoxy) is 2. The first-order valence-electron chi connectivity index (χ1n) is 10.5. The fourth-order valence-electron chi connectivity index (χ4n) is 2.71. The summed E-state index contributed by atoms with van der Waals surface area (Å²) in [5.74, 6) is -2.83. The summed E-state index contributed by atoms with van der Waals surface area (Å²) in [4.78, 5) is 51.0. The van der Waals surface area contributed by atoms with Gasteiger partial charge in [-0.3, -0.25) is 4.79 Å². The van der Waals surface area contributed by atoms with Gasteiger partial charge >= 0.3 is 18.2 Å². The van der Waals surface area contributed by atoms with E-state index in [1.165, 1.54) is 0 Å². The Bertz CT molecular complexity index is 636. The molecule has 0 aliphatic carbocycles. The number of carbonyl (C=O) groups is 4. The molecule has 0 heterocycles. The summed E-state index contributed by atoms with van der Waals surface area (Å²) >= 11 is 0. The van der Waals surface area contributed by atoms with E-state index >= 15 is 0 Å². The SMILES string of the molecule is CC(C)[C@@H](C(=O)O)N(C(=O)OC(C)(C)C)C(=O)[C@H](CCCCN)NC(=O)OC(C)(C)C. The zero-order valence-electron chi connectivity index (χ0n) is 20.0. The van der Waals surface area contributed by atoms with Gasteiger partial charge < -0.3 is 25.6 Å². The van der Waals surface area contributed by atoms with Gasteiger partial charge in [-0.25, -0.2) is 19.3 Å². The van der Waals surface area contributed by atoms with Crippen molar-refractivity contribution in [3.63, 3.8) is 0 Å². The lowest BCUT2D eigenvalue weighted by atomic mass is 10.0. The first-order valence-corrected chi connectivity index (χ1v) is 10.5. The Hall–Kier alpha value is -2.36. The van der Waals surface area contributed by atoms with Gasteiger partial charge in [0.2, 0.25) is 0 Å². The van der Waals surface area contributed by atoms with Crippen molar-refractivity contribution in [1.29, 1.82) is 0 Å². The molecule has 180 valence electrons. The van der Waals surface area contributed by atoms with Gasteiger partial charge in [0.15, 0.2) is 0 Å². The molecule has 0 spiro atoms. The molecule has 0 aliphatic rings. The molecule has 0 radical (unpaired) electrons. The van der Waals surface area contributed by atoms with Crippen LogP contribution in [0.4, 0.5) is 9.59 Å². The predicted octanol–water partition coefficient (Wildman–Crippen LogP) is 2.88. The topological polar surface area (TPSA) is 148 Å².